The van der Waals surface area contributed by atoms with E-state index in [4.69, 9.17) is 21.9 Å². The fourth-order valence-electron chi connectivity index (χ4n) is 1.93. The van der Waals surface area contributed by atoms with Crippen molar-refractivity contribution in [3.05, 3.63) is 51.5 Å². The van der Waals surface area contributed by atoms with E-state index in [2.05, 4.69) is 15.4 Å². The summed E-state index contributed by atoms with van der Waals surface area (Å²) in [7, 11) is 0. The van der Waals surface area contributed by atoms with Gasteiger partial charge in [-0.2, -0.15) is 5.10 Å². The van der Waals surface area contributed by atoms with E-state index in [0.717, 1.165) is 0 Å². The minimum atomic E-state index is -0.567. The van der Waals surface area contributed by atoms with Crippen molar-refractivity contribution in [1.29, 1.82) is 0 Å². The van der Waals surface area contributed by atoms with E-state index in [-0.39, 0.29) is 39.0 Å². The van der Waals surface area contributed by atoms with E-state index < -0.39 is 5.82 Å². The van der Waals surface area contributed by atoms with E-state index in [1.54, 1.807) is 0 Å². The lowest BCUT2D eigenvalue weighted by Crippen LogP contribution is -2.05. The molecule has 0 amide bonds. The van der Waals surface area contributed by atoms with Gasteiger partial charge in [0.2, 0.25) is 0 Å². The lowest BCUT2D eigenvalue weighted by Gasteiger charge is -2.05. The molecule has 0 radical (unpaired) electrons. The van der Waals surface area contributed by atoms with E-state index >= 15 is 0 Å². The first-order chi connectivity index (χ1) is 10.1. The number of nitrogens with zero attached hydrogens (tertiary/aromatic N) is 2. The van der Waals surface area contributed by atoms with Crippen LogP contribution in [0, 0.1) is 5.82 Å². The number of rotatable bonds is 2. The number of benzene rings is 1. The molecule has 3 aromatic rings. The van der Waals surface area contributed by atoms with Crippen LogP contribution in [0.15, 0.2) is 39.6 Å². The van der Waals surface area contributed by atoms with Crippen LogP contribution in [-0.2, 0) is 0 Å². The fraction of sp³-hybridized carbons (Fsp3) is 0. The third-order valence-corrected chi connectivity index (χ3v) is 3.16. The highest BCUT2D eigenvalue weighted by Gasteiger charge is 2.23. The Bertz CT molecular complexity index is 834. The molecule has 2 heterocycles. The van der Waals surface area contributed by atoms with Gasteiger partial charge in [-0.3, -0.25) is 4.79 Å². The predicted molar refractivity (Wildman–Crippen MR) is 75.2 cm³/mol. The number of H-pyrrole nitrogens is 1. The lowest BCUT2D eigenvalue weighted by atomic mass is 10.0. The van der Waals surface area contributed by atoms with Gasteiger partial charge in [0.25, 0.3) is 5.56 Å². The summed E-state index contributed by atoms with van der Waals surface area (Å²) in [5.74, 6) is -0.469. The zero-order valence-electron chi connectivity index (χ0n) is 10.4. The largest absolute Gasteiger partial charge is 0.380 e. The highest BCUT2D eigenvalue weighted by molar-refractivity contribution is 6.33. The average Bonchev–Trinajstić information content (AvgIpc) is 2.82. The standard InChI is InChI=1S/C13H8ClFN4O2/c14-6-2-1-3-7(15)10(6)11-12(21-19-13(11)16)8-4-5-9(20)18-17-8/h1-5H,(H2,16,19)(H,18,20). The van der Waals surface area contributed by atoms with Gasteiger partial charge >= 0.3 is 0 Å². The SMILES string of the molecule is Nc1noc(-c2ccc(=O)[nH]n2)c1-c1c(F)cccc1Cl. The predicted octanol–water partition coefficient (Wildman–Crippen LogP) is 2.47. The molecule has 2 aromatic heterocycles. The van der Waals surface area contributed by atoms with Crippen molar-refractivity contribution in [3.8, 4) is 22.6 Å². The summed E-state index contributed by atoms with van der Waals surface area (Å²) >= 11 is 6.03. The summed E-state index contributed by atoms with van der Waals surface area (Å²) in [6.45, 7) is 0. The molecule has 0 atom stereocenters. The number of anilines is 1. The van der Waals surface area contributed by atoms with Crippen LogP contribution in [0.3, 0.4) is 0 Å². The molecule has 6 nitrogen and oxygen atoms in total. The van der Waals surface area contributed by atoms with Gasteiger partial charge in [-0.1, -0.05) is 22.8 Å². The Morgan fingerprint density at radius 3 is 2.71 bits per heavy atom. The summed E-state index contributed by atoms with van der Waals surface area (Å²) in [6, 6.07) is 6.92. The topological polar surface area (TPSA) is 97.8 Å². The van der Waals surface area contributed by atoms with Crippen molar-refractivity contribution in [1.82, 2.24) is 15.4 Å². The van der Waals surface area contributed by atoms with Crippen molar-refractivity contribution in [2.24, 2.45) is 0 Å². The summed E-state index contributed by atoms with van der Waals surface area (Å²) in [6.07, 6.45) is 0. The van der Waals surface area contributed by atoms with Crippen LogP contribution in [0.4, 0.5) is 10.2 Å². The first-order valence-electron chi connectivity index (χ1n) is 5.83. The molecule has 1 aromatic carbocycles. The Kier molecular flexibility index (Phi) is 3.19. The Balaban J connectivity index is 2.27. The maximum absolute atomic E-state index is 14.1. The van der Waals surface area contributed by atoms with Crippen molar-refractivity contribution in [3.63, 3.8) is 0 Å². The summed E-state index contributed by atoms with van der Waals surface area (Å²) in [4.78, 5) is 11.1. The van der Waals surface area contributed by atoms with Crippen LogP contribution in [0.2, 0.25) is 5.02 Å². The third kappa shape index (κ3) is 2.27. The average molecular weight is 307 g/mol. The van der Waals surface area contributed by atoms with Gasteiger partial charge < -0.3 is 10.3 Å². The first kappa shape index (κ1) is 13.3. The molecule has 0 aliphatic heterocycles. The Hall–Kier alpha value is -2.67. The maximum atomic E-state index is 14.1. The lowest BCUT2D eigenvalue weighted by molar-refractivity contribution is 0.434. The number of hydrogen-bond donors (Lipinski definition) is 2. The van der Waals surface area contributed by atoms with Gasteiger partial charge in [0.15, 0.2) is 11.6 Å². The molecule has 0 saturated heterocycles. The molecular formula is C13H8ClFN4O2. The van der Waals surface area contributed by atoms with Crippen molar-refractivity contribution >= 4 is 17.4 Å². The maximum Gasteiger partial charge on any atom is 0.264 e. The minimum absolute atomic E-state index is 0.0231. The second-order valence-electron chi connectivity index (χ2n) is 4.18. The molecule has 106 valence electrons. The summed E-state index contributed by atoms with van der Waals surface area (Å²) in [5.41, 5.74) is 5.89. The van der Waals surface area contributed by atoms with Crippen LogP contribution in [0.5, 0.6) is 0 Å². The zero-order chi connectivity index (χ0) is 15.0. The highest BCUT2D eigenvalue weighted by Crippen LogP contribution is 2.40. The third-order valence-electron chi connectivity index (χ3n) is 2.84. The molecule has 0 spiro atoms. The van der Waals surface area contributed by atoms with Gasteiger partial charge in [0, 0.05) is 11.6 Å². The van der Waals surface area contributed by atoms with Crippen molar-refractivity contribution in [2.75, 3.05) is 5.73 Å². The second kappa shape index (κ2) is 5.02. The van der Waals surface area contributed by atoms with Crippen LogP contribution in [0.25, 0.3) is 22.6 Å². The van der Waals surface area contributed by atoms with Crippen LogP contribution < -0.4 is 11.3 Å². The van der Waals surface area contributed by atoms with Gasteiger partial charge in [-0.05, 0) is 18.2 Å². The summed E-state index contributed by atoms with van der Waals surface area (Å²) < 4.78 is 19.2. The number of nitrogen functional groups attached to an aromatic ring is 1. The number of nitrogens with one attached hydrogen (secondary N) is 1. The summed E-state index contributed by atoms with van der Waals surface area (Å²) in [5, 5.41) is 9.85. The van der Waals surface area contributed by atoms with Crippen LogP contribution in [0.1, 0.15) is 0 Å². The first-order valence-corrected chi connectivity index (χ1v) is 6.21. The van der Waals surface area contributed by atoms with Gasteiger partial charge in [-0.25, -0.2) is 9.49 Å². The number of aromatic nitrogens is 3. The smallest absolute Gasteiger partial charge is 0.264 e. The molecule has 0 fully saturated rings. The monoisotopic (exact) mass is 306 g/mol. The Morgan fingerprint density at radius 1 is 1.24 bits per heavy atom. The van der Waals surface area contributed by atoms with Crippen molar-refractivity contribution < 1.29 is 8.91 Å². The van der Waals surface area contributed by atoms with E-state index in [9.17, 15) is 9.18 Å². The molecule has 0 bridgehead atoms. The molecule has 0 aliphatic carbocycles. The molecule has 0 unspecified atom stereocenters. The molecular weight excluding hydrogens is 299 g/mol. The minimum Gasteiger partial charge on any atom is -0.380 e. The van der Waals surface area contributed by atoms with E-state index in [1.807, 2.05) is 0 Å². The molecule has 8 heteroatoms. The molecule has 21 heavy (non-hydrogen) atoms. The number of nitrogens with two attached hydrogens (primary N) is 1. The van der Waals surface area contributed by atoms with E-state index in [0.29, 0.717) is 0 Å². The fourth-order valence-corrected chi connectivity index (χ4v) is 2.18. The molecule has 3 N–H and O–H groups in total. The van der Waals surface area contributed by atoms with Gasteiger partial charge in [0.1, 0.15) is 11.5 Å². The Morgan fingerprint density at radius 2 is 2.05 bits per heavy atom. The normalized spacial score (nSPS) is 10.8. The van der Waals surface area contributed by atoms with E-state index in [1.165, 1.54) is 30.3 Å². The van der Waals surface area contributed by atoms with Crippen LogP contribution in [-0.4, -0.2) is 15.4 Å². The van der Waals surface area contributed by atoms with Crippen LogP contribution >= 0.6 is 11.6 Å². The number of hydrogen-bond acceptors (Lipinski definition) is 5. The number of halogens is 2. The van der Waals surface area contributed by atoms with Gasteiger partial charge in [0.05, 0.1) is 10.6 Å². The number of aromatic amines is 1. The second-order valence-corrected chi connectivity index (χ2v) is 4.58. The van der Waals surface area contributed by atoms with Crippen molar-refractivity contribution in [2.45, 2.75) is 0 Å². The van der Waals surface area contributed by atoms with Gasteiger partial charge in [-0.15, -0.1) is 0 Å². The molecule has 0 aliphatic rings. The molecule has 3 rings (SSSR count). The highest BCUT2D eigenvalue weighted by atomic mass is 35.5. The zero-order valence-corrected chi connectivity index (χ0v) is 11.2. The molecule has 0 saturated carbocycles. The Labute approximate surface area is 122 Å². The quantitative estimate of drug-likeness (QED) is 0.758.